The Morgan fingerprint density at radius 3 is 2.63 bits per heavy atom. The van der Waals surface area contributed by atoms with Gasteiger partial charge in [0.25, 0.3) is 0 Å². The van der Waals surface area contributed by atoms with E-state index in [-0.39, 0.29) is 5.91 Å². The molecule has 1 atom stereocenters. The molecule has 1 unspecified atom stereocenters. The van der Waals surface area contributed by atoms with Crippen LogP contribution in [0.2, 0.25) is 0 Å². The summed E-state index contributed by atoms with van der Waals surface area (Å²) in [6.07, 6.45) is 2.79. The van der Waals surface area contributed by atoms with Crippen molar-refractivity contribution in [3.05, 3.63) is 47.5 Å². The highest BCUT2D eigenvalue weighted by Gasteiger charge is 2.33. The van der Waals surface area contributed by atoms with Crippen molar-refractivity contribution < 1.29 is 14.7 Å². The molecule has 0 saturated carbocycles. The summed E-state index contributed by atoms with van der Waals surface area (Å²) in [6.45, 7) is 2.15. The summed E-state index contributed by atoms with van der Waals surface area (Å²) in [4.78, 5) is 24.7. The Labute approximate surface area is 112 Å². The molecule has 0 bridgehead atoms. The third kappa shape index (κ3) is 3.02. The molecule has 1 aromatic rings. The molecule has 1 aliphatic rings. The second kappa shape index (κ2) is 5.69. The molecule has 1 N–H and O–H groups in total. The first-order chi connectivity index (χ1) is 9.09. The number of hydrogen-bond acceptors (Lipinski definition) is 2. The first kappa shape index (κ1) is 13.3. The molecule has 0 aliphatic carbocycles. The molecule has 0 radical (unpaired) electrons. The van der Waals surface area contributed by atoms with Gasteiger partial charge in [0.05, 0.1) is 0 Å². The van der Waals surface area contributed by atoms with Crippen LogP contribution in [0.4, 0.5) is 0 Å². The van der Waals surface area contributed by atoms with Gasteiger partial charge < -0.3 is 10.0 Å². The van der Waals surface area contributed by atoms with Crippen LogP contribution in [0.1, 0.15) is 18.9 Å². The topological polar surface area (TPSA) is 57.6 Å². The number of carbonyl (C=O) groups is 2. The summed E-state index contributed by atoms with van der Waals surface area (Å²) < 4.78 is 0. The Morgan fingerprint density at radius 2 is 2.00 bits per heavy atom. The van der Waals surface area contributed by atoms with Crippen LogP contribution in [0.3, 0.4) is 0 Å². The molecule has 4 nitrogen and oxygen atoms in total. The normalized spacial score (nSPS) is 18.3. The highest BCUT2D eigenvalue weighted by molar-refractivity contribution is 5.87. The average molecular weight is 259 g/mol. The number of carboxylic acids is 1. The van der Waals surface area contributed by atoms with E-state index in [1.54, 1.807) is 13.0 Å². The third-order valence-electron chi connectivity index (χ3n) is 3.38. The largest absolute Gasteiger partial charge is 0.479 e. The standard InChI is InChI=1S/C15H17NO3/c1-11-9-10-16(14(11)15(18)19)13(17)8-7-12-5-3-2-4-6-12/h2-6,9,14H,7-8,10H2,1H3,(H,18,19). The SMILES string of the molecule is CC1=CCN(C(=O)CCc2ccccc2)C1C(=O)O. The number of rotatable bonds is 4. The number of amides is 1. The van der Waals surface area contributed by atoms with Crippen molar-refractivity contribution >= 4 is 11.9 Å². The number of aryl methyl sites for hydroxylation is 1. The zero-order chi connectivity index (χ0) is 13.8. The van der Waals surface area contributed by atoms with Crippen LogP contribution in [0.5, 0.6) is 0 Å². The van der Waals surface area contributed by atoms with E-state index in [9.17, 15) is 9.59 Å². The summed E-state index contributed by atoms with van der Waals surface area (Å²) in [7, 11) is 0. The zero-order valence-corrected chi connectivity index (χ0v) is 10.9. The van der Waals surface area contributed by atoms with Crippen molar-refractivity contribution in [3.63, 3.8) is 0 Å². The lowest BCUT2D eigenvalue weighted by molar-refractivity contribution is -0.147. The number of benzene rings is 1. The Morgan fingerprint density at radius 1 is 1.32 bits per heavy atom. The van der Waals surface area contributed by atoms with Gasteiger partial charge in [-0.05, 0) is 24.5 Å². The Bertz CT molecular complexity index is 507. The first-order valence-corrected chi connectivity index (χ1v) is 6.32. The van der Waals surface area contributed by atoms with Gasteiger partial charge >= 0.3 is 5.97 Å². The average Bonchev–Trinajstić information content (AvgIpc) is 2.79. The minimum absolute atomic E-state index is 0.107. The molecule has 0 spiro atoms. The Kier molecular flexibility index (Phi) is 4.00. The van der Waals surface area contributed by atoms with Crippen LogP contribution in [0, 0.1) is 0 Å². The first-order valence-electron chi connectivity index (χ1n) is 6.32. The van der Waals surface area contributed by atoms with Crippen molar-refractivity contribution in [2.75, 3.05) is 6.54 Å². The Hall–Kier alpha value is -2.10. The molecule has 100 valence electrons. The smallest absolute Gasteiger partial charge is 0.330 e. The van der Waals surface area contributed by atoms with E-state index in [1.165, 1.54) is 4.90 Å². The van der Waals surface area contributed by atoms with E-state index in [0.29, 0.717) is 19.4 Å². The van der Waals surface area contributed by atoms with E-state index < -0.39 is 12.0 Å². The second-order valence-corrected chi connectivity index (χ2v) is 4.72. The molecule has 0 aromatic heterocycles. The van der Waals surface area contributed by atoms with Crippen LogP contribution < -0.4 is 0 Å². The van der Waals surface area contributed by atoms with Gasteiger partial charge in [0.15, 0.2) is 6.04 Å². The van der Waals surface area contributed by atoms with Crippen LogP contribution in [0.25, 0.3) is 0 Å². The fraction of sp³-hybridized carbons (Fsp3) is 0.333. The highest BCUT2D eigenvalue weighted by Crippen LogP contribution is 2.19. The van der Waals surface area contributed by atoms with Crippen molar-refractivity contribution in [1.29, 1.82) is 0 Å². The minimum Gasteiger partial charge on any atom is -0.479 e. The summed E-state index contributed by atoms with van der Waals surface area (Å²) in [5.74, 6) is -1.07. The van der Waals surface area contributed by atoms with Gasteiger partial charge in [-0.15, -0.1) is 0 Å². The van der Waals surface area contributed by atoms with Crippen LogP contribution in [0.15, 0.2) is 42.0 Å². The summed E-state index contributed by atoms with van der Waals surface area (Å²) in [5.41, 5.74) is 1.83. The van der Waals surface area contributed by atoms with Crippen LogP contribution >= 0.6 is 0 Å². The molecule has 1 heterocycles. The van der Waals surface area contributed by atoms with Crippen molar-refractivity contribution in [3.8, 4) is 0 Å². The number of carboxylic acid groups (broad SMARTS) is 1. The zero-order valence-electron chi connectivity index (χ0n) is 10.9. The van der Waals surface area contributed by atoms with E-state index in [1.807, 2.05) is 30.3 Å². The van der Waals surface area contributed by atoms with Crippen LogP contribution in [-0.2, 0) is 16.0 Å². The van der Waals surface area contributed by atoms with Crippen LogP contribution in [-0.4, -0.2) is 34.5 Å². The maximum absolute atomic E-state index is 12.1. The molecule has 2 rings (SSSR count). The lowest BCUT2D eigenvalue weighted by Gasteiger charge is -2.23. The maximum atomic E-state index is 12.1. The van der Waals surface area contributed by atoms with Gasteiger partial charge in [-0.25, -0.2) is 4.79 Å². The highest BCUT2D eigenvalue weighted by atomic mass is 16.4. The van der Waals surface area contributed by atoms with Gasteiger partial charge in [0.2, 0.25) is 5.91 Å². The molecule has 0 fully saturated rings. The van der Waals surface area contributed by atoms with Gasteiger partial charge in [-0.3, -0.25) is 4.79 Å². The van der Waals surface area contributed by atoms with Crippen molar-refractivity contribution in [1.82, 2.24) is 4.90 Å². The van der Waals surface area contributed by atoms with Crippen molar-refractivity contribution in [2.45, 2.75) is 25.8 Å². The molecule has 1 aliphatic heterocycles. The maximum Gasteiger partial charge on any atom is 0.330 e. The molecule has 4 heteroatoms. The molecular formula is C15H17NO3. The number of aliphatic carboxylic acids is 1. The predicted molar refractivity (Wildman–Crippen MR) is 71.7 cm³/mol. The van der Waals surface area contributed by atoms with E-state index >= 15 is 0 Å². The number of hydrogen-bond donors (Lipinski definition) is 1. The number of nitrogens with zero attached hydrogens (tertiary/aromatic N) is 1. The lowest BCUT2D eigenvalue weighted by Crippen LogP contribution is -2.42. The van der Waals surface area contributed by atoms with E-state index in [2.05, 4.69) is 0 Å². The second-order valence-electron chi connectivity index (χ2n) is 4.72. The predicted octanol–water partition coefficient (Wildman–Crippen LogP) is 1.86. The Balaban J connectivity index is 1.96. The van der Waals surface area contributed by atoms with E-state index in [4.69, 9.17) is 5.11 Å². The molecule has 19 heavy (non-hydrogen) atoms. The fourth-order valence-corrected chi connectivity index (χ4v) is 2.32. The van der Waals surface area contributed by atoms with Crippen molar-refractivity contribution in [2.24, 2.45) is 0 Å². The lowest BCUT2D eigenvalue weighted by atomic mass is 10.1. The van der Waals surface area contributed by atoms with Gasteiger partial charge in [-0.1, -0.05) is 36.4 Å². The monoisotopic (exact) mass is 259 g/mol. The molecular weight excluding hydrogens is 242 g/mol. The van der Waals surface area contributed by atoms with Gasteiger partial charge in [0, 0.05) is 13.0 Å². The summed E-state index contributed by atoms with van der Waals surface area (Å²) in [5, 5.41) is 9.15. The fourth-order valence-electron chi connectivity index (χ4n) is 2.32. The quantitative estimate of drug-likeness (QED) is 0.840. The molecule has 1 aromatic carbocycles. The van der Waals surface area contributed by atoms with Gasteiger partial charge in [-0.2, -0.15) is 0 Å². The van der Waals surface area contributed by atoms with Gasteiger partial charge in [0.1, 0.15) is 0 Å². The molecule has 1 amide bonds. The number of carbonyl (C=O) groups excluding carboxylic acids is 1. The van der Waals surface area contributed by atoms with E-state index in [0.717, 1.165) is 11.1 Å². The summed E-state index contributed by atoms with van der Waals surface area (Å²) in [6, 6.07) is 8.94. The summed E-state index contributed by atoms with van der Waals surface area (Å²) >= 11 is 0. The minimum atomic E-state index is -0.959. The molecule has 0 saturated heterocycles. The third-order valence-corrected chi connectivity index (χ3v) is 3.38.